The number of cyclic esters (lactones) is 1. The highest BCUT2D eigenvalue weighted by Crippen LogP contribution is 2.43. The van der Waals surface area contributed by atoms with Crippen LogP contribution >= 0.6 is 22.6 Å². The number of rotatable bonds is 1. The second-order valence-electron chi connectivity index (χ2n) is 5.63. The summed E-state index contributed by atoms with van der Waals surface area (Å²) in [6.45, 7) is 0.361. The van der Waals surface area contributed by atoms with E-state index in [4.69, 9.17) is 9.47 Å². The van der Waals surface area contributed by atoms with Crippen molar-refractivity contribution in [2.45, 2.75) is 5.92 Å². The number of halogens is 2. The molecule has 2 unspecified atom stereocenters. The van der Waals surface area contributed by atoms with E-state index < -0.39 is 17.8 Å². The first-order chi connectivity index (χ1) is 11.1. The number of fused-ring (bicyclic) bond motifs is 1. The highest BCUT2D eigenvalue weighted by molar-refractivity contribution is 14.1. The Hall–Kier alpha value is -1.61. The van der Waals surface area contributed by atoms with E-state index in [9.17, 15) is 14.0 Å². The molecule has 118 valence electrons. The topological polar surface area (TPSA) is 65.0 Å². The van der Waals surface area contributed by atoms with Gasteiger partial charge in [0.05, 0.1) is 29.5 Å². The second kappa shape index (κ2) is 5.48. The van der Waals surface area contributed by atoms with E-state index in [0.717, 1.165) is 5.56 Å². The summed E-state index contributed by atoms with van der Waals surface area (Å²) in [5.41, 5.74) is 2.29. The summed E-state index contributed by atoms with van der Waals surface area (Å²) < 4.78 is 24.4. The van der Waals surface area contributed by atoms with Crippen molar-refractivity contribution in [1.82, 2.24) is 0 Å². The molecule has 3 heterocycles. The molecule has 7 heteroatoms. The molecule has 3 aliphatic heterocycles. The van der Waals surface area contributed by atoms with Crippen molar-refractivity contribution in [3.63, 3.8) is 0 Å². The Morgan fingerprint density at radius 3 is 2.78 bits per heavy atom. The van der Waals surface area contributed by atoms with Gasteiger partial charge < -0.3 is 9.47 Å². The van der Waals surface area contributed by atoms with Gasteiger partial charge in [-0.2, -0.15) is 0 Å². The summed E-state index contributed by atoms with van der Waals surface area (Å²) in [5.74, 6) is -1.94. The fraction of sp³-hybridized carbons (Fsp3) is 0.312. The minimum atomic E-state index is -0.547. The van der Waals surface area contributed by atoms with Crippen molar-refractivity contribution in [3.8, 4) is 0 Å². The predicted octanol–water partition coefficient (Wildman–Crippen LogP) is 1.99. The normalized spacial score (nSPS) is 26.6. The van der Waals surface area contributed by atoms with Gasteiger partial charge in [0.2, 0.25) is 0 Å². The van der Waals surface area contributed by atoms with Crippen LogP contribution in [0, 0.1) is 15.3 Å². The molecule has 0 radical (unpaired) electrons. The number of hydrogen-bond donors (Lipinski definition) is 0. The van der Waals surface area contributed by atoms with E-state index in [2.05, 4.69) is 4.99 Å². The molecular weight excluding hydrogens is 416 g/mol. The minimum absolute atomic E-state index is 0.00383. The molecule has 1 aromatic carbocycles. The Morgan fingerprint density at radius 1 is 1.17 bits per heavy atom. The first-order valence-electron chi connectivity index (χ1n) is 7.09. The zero-order valence-electron chi connectivity index (χ0n) is 11.8. The molecule has 0 aromatic heterocycles. The molecule has 0 N–H and O–H groups in total. The monoisotopic (exact) mass is 427 g/mol. The van der Waals surface area contributed by atoms with Crippen LogP contribution < -0.4 is 0 Å². The number of Topliss-reactive ketones (excluding diaryl/α,β-unsaturated/α-hetero) is 1. The number of carbonyl (C=O) groups excluding carboxylic acids is 2. The minimum Gasteiger partial charge on any atom is -0.456 e. The van der Waals surface area contributed by atoms with Crippen molar-refractivity contribution in [3.05, 3.63) is 44.4 Å². The van der Waals surface area contributed by atoms with E-state index in [1.54, 1.807) is 12.1 Å². The highest BCUT2D eigenvalue weighted by atomic mass is 127. The van der Waals surface area contributed by atoms with E-state index in [1.165, 1.54) is 6.07 Å². The number of nitrogens with zero attached hydrogens (tertiary/aromatic N) is 1. The van der Waals surface area contributed by atoms with Crippen LogP contribution in [-0.2, 0) is 19.1 Å². The van der Waals surface area contributed by atoms with E-state index in [-0.39, 0.29) is 31.4 Å². The Labute approximate surface area is 144 Å². The zero-order valence-corrected chi connectivity index (χ0v) is 14.0. The van der Waals surface area contributed by atoms with E-state index >= 15 is 0 Å². The van der Waals surface area contributed by atoms with Crippen LogP contribution in [-0.4, -0.2) is 37.3 Å². The van der Waals surface area contributed by atoms with Crippen LogP contribution in [0.1, 0.15) is 11.5 Å². The first-order valence-corrected chi connectivity index (χ1v) is 8.17. The van der Waals surface area contributed by atoms with Gasteiger partial charge in [-0.3, -0.25) is 9.79 Å². The zero-order chi connectivity index (χ0) is 16.1. The van der Waals surface area contributed by atoms with Gasteiger partial charge in [0, 0.05) is 9.49 Å². The maximum Gasteiger partial charge on any atom is 0.337 e. The number of aliphatic imine (C=N–C) groups is 1. The third-order valence-corrected chi connectivity index (χ3v) is 5.12. The SMILES string of the molecule is O=C1OCC2=C1C(c1ccc(F)c(I)c1)C1C(=O)COCC1=N2. The van der Waals surface area contributed by atoms with Crippen molar-refractivity contribution in [2.24, 2.45) is 10.9 Å². The molecule has 0 saturated carbocycles. The largest absolute Gasteiger partial charge is 0.456 e. The summed E-state index contributed by atoms with van der Waals surface area (Å²) in [5, 5.41) is 0. The molecule has 4 rings (SSSR count). The van der Waals surface area contributed by atoms with Crippen LogP contribution in [0.3, 0.4) is 0 Å². The average molecular weight is 427 g/mol. The summed E-state index contributed by atoms with van der Waals surface area (Å²) in [6.07, 6.45) is 0. The molecule has 1 saturated heterocycles. The highest BCUT2D eigenvalue weighted by Gasteiger charge is 2.47. The molecule has 2 atom stereocenters. The molecule has 5 nitrogen and oxygen atoms in total. The van der Waals surface area contributed by atoms with Crippen LogP contribution in [0.15, 0.2) is 34.5 Å². The smallest absolute Gasteiger partial charge is 0.337 e. The Balaban J connectivity index is 1.89. The third-order valence-electron chi connectivity index (χ3n) is 4.30. The lowest BCUT2D eigenvalue weighted by atomic mass is 9.73. The van der Waals surface area contributed by atoms with Gasteiger partial charge >= 0.3 is 5.97 Å². The van der Waals surface area contributed by atoms with Crippen LogP contribution in [0.2, 0.25) is 0 Å². The molecular formula is C16H11FINO4. The lowest BCUT2D eigenvalue weighted by Gasteiger charge is -2.33. The van der Waals surface area contributed by atoms with Gasteiger partial charge in [-0.05, 0) is 40.3 Å². The first kappa shape index (κ1) is 14.9. The maximum atomic E-state index is 13.6. The molecule has 1 aromatic rings. The van der Waals surface area contributed by atoms with Crippen molar-refractivity contribution in [1.29, 1.82) is 0 Å². The van der Waals surface area contributed by atoms with Gasteiger partial charge in [0.1, 0.15) is 19.0 Å². The lowest BCUT2D eigenvalue weighted by molar-refractivity contribution is -0.136. The van der Waals surface area contributed by atoms with Crippen molar-refractivity contribution < 1.29 is 23.5 Å². The van der Waals surface area contributed by atoms with E-state index in [1.807, 2.05) is 22.6 Å². The fourth-order valence-corrected chi connectivity index (χ4v) is 3.85. The molecule has 1 fully saturated rings. The van der Waals surface area contributed by atoms with Crippen LogP contribution in [0.4, 0.5) is 4.39 Å². The van der Waals surface area contributed by atoms with Crippen molar-refractivity contribution >= 4 is 40.1 Å². The average Bonchev–Trinajstić information content (AvgIpc) is 2.90. The fourth-order valence-electron chi connectivity index (χ4n) is 3.31. The second-order valence-corrected chi connectivity index (χ2v) is 6.79. The summed E-state index contributed by atoms with van der Waals surface area (Å²) in [7, 11) is 0. The molecule has 0 amide bonds. The van der Waals surface area contributed by atoms with Gasteiger partial charge in [-0.15, -0.1) is 0 Å². The predicted molar refractivity (Wildman–Crippen MR) is 86.6 cm³/mol. The maximum absolute atomic E-state index is 13.6. The quantitative estimate of drug-likeness (QED) is 0.508. The summed E-state index contributed by atoms with van der Waals surface area (Å²) >= 11 is 1.90. The van der Waals surface area contributed by atoms with Gasteiger partial charge in [-0.1, -0.05) is 6.07 Å². The van der Waals surface area contributed by atoms with Crippen molar-refractivity contribution in [2.75, 3.05) is 19.8 Å². The lowest BCUT2D eigenvalue weighted by Crippen LogP contribution is -2.43. The number of ether oxygens (including phenoxy) is 2. The number of benzene rings is 1. The Morgan fingerprint density at radius 2 is 2.00 bits per heavy atom. The summed E-state index contributed by atoms with van der Waals surface area (Å²) in [6, 6.07) is 4.64. The number of ketones is 1. The third kappa shape index (κ3) is 2.33. The number of carbonyl (C=O) groups is 2. The van der Waals surface area contributed by atoms with Crippen LogP contribution in [0.5, 0.6) is 0 Å². The number of hydrogen-bond acceptors (Lipinski definition) is 5. The standard InChI is InChI=1S/C16H11FINO4/c17-8-2-1-7(3-9(8)18)13-14-10(4-22-6-12(14)20)19-11-5-23-16(21)15(11)13/h1-3,13-14H,4-6H2. The molecule has 3 aliphatic rings. The van der Waals surface area contributed by atoms with Gasteiger partial charge in [-0.25, -0.2) is 9.18 Å². The molecule has 0 bridgehead atoms. The molecule has 0 spiro atoms. The van der Waals surface area contributed by atoms with Gasteiger partial charge in [0.15, 0.2) is 5.78 Å². The number of esters is 1. The van der Waals surface area contributed by atoms with Crippen LogP contribution in [0.25, 0.3) is 0 Å². The Bertz CT molecular complexity index is 801. The molecule has 0 aliphatic carbocycles. The summed E-state index contributed by atoms with van der Waals surface area (Å²) in [4.78, 5) is 29.0. The van der Waals surface area contributed by atoms with E-state index in [0.29, 0.717) is 20.6 Å². The van der Waals surface area contributed by atoms with Gasteiger partial charge in [0.25, 0.3) is 0 Å². The molecule has 23 heavy (non-hydrogen) atoms. The Kier molecular flexibility index (Phi) is 3.56.